The highest BCUT2D eigenvalue weighted by molar-refractivity contribution is 9.10. The Balaban J connectivity index is 1.42. The highest BCUT2D eigenvalue weighted by atomic mass is 79.9. The maximum atomic E-state index is 12.9. The number of nitrogens with zero attached hydrogens (tertiary/aromatic N) is 2. The molecule has 140 valence electrons. The number of carbonyl (C=O) groups excluding carboxylic acids is 2. The van der Waals surface area contributed by atoms with Crippen molar-refractivity contribution in [1.29, 1.82) is 0 Å². The first-order valence-electron chi connectivity index (χ1n) is 9.26. The molecule has 2 amide bonds. The van der Waals surface area contributed by atoms with Gasteiger partial charge < -0.3 is 9.84 Å². The number of hydrogen-bond acceptors (Lipinski definition) is 5. The van der Waals surface area contributed by atoms with Gasteiger partial charge in [0.25, 0.3) is 11.8 Å². The van der Waals surface area contributed by atoms with Crippen LogP contribution in [0.5, 0.6) is 11.5 Å². The number of ether oxygens (including phenoxy) is 1. The molecule has 0 unspecified atom stereocenters. The number of hydrogen-bond donors (Lipinski definition) is 1. The quantitative estimate of drug-likeness (QED) is 0.452. The molecule has 1 aliphatic heterocycles. The smallest absolute Gasteiger partial charge is 0.254 e. The molecule has 1 aromatic carbocycles. The van der Waals surface area contributed by atoms with E-state index < -0.39 is 0 Å². The van der Waals surface area contributed by atoms with Gasteiger partial charge in [0, 0.05) is 0 Å². The van der Waals surface area contributed by atoms with Crippen molar-refractivity contribution in [3.8, 4) is 11.5 Å². The standard InChI is InChI=1S/C20H19BrN2O4/c1-2-27-15-6-9(5-14(21)18(15)24)8-22-23-19(25)16-10-3-4-11(13-7-12(10)13)17(16)20(23)26/h3-6,8,10-13,16-17,24H,2,7H2,1H3/b22-8+/t10-,11-,12-,13-,16+,17+/m1/s1. The molecule has 6 rings (SSSR count). The molecule has 1 aromatic rings. The van der Waals surface area contributed by atoms with Crippen LogP contribution in [0.2, 0.25) is 0 Å². The molecule has 7 heteroatoms. The summed E-state index contributed by atoms with van der Waals surface area (Å²) in [7, 11) is 0. The summed E-state index contributed by atoms with van der Waals surface area (Å²) in [6.45, 7) is 2.23. The van der Waals surface area contributed by atoms with Crippen LogP contribution in [0.1, 0.15) is 18.9 Å². The summed E-state index contributed by atoms with van der Waals surface area (Å²) < 4.78 is 5.87. The van der Waals surface area contributed by atoms with E-state index in [1.165, 1.54) is 6.21 Å². The van der Waals surface area contributed by atoms with E-state index in [4.69, 9.17) is 4.74 Å². The number of aromatic hydroxyl groups is 1. The highest BCUT2D eigenvalue weighted by Crippen LogP contribution is 2.65. The van der Waals surface area contributed by atoms with Gasteiger partial charge in [-0.15, -0.1) is 0 Å². The molecule has 0 radical (unpaired) electrons. The van der Waals surface area contributed by atoms with E-state index in [-0.39, 0.29) is 41.2 Å². The van der Waals surface area contributed by atoms with Crippen LogP contribution in [0.25, 0.3) is 0 Å². The molecular weight excluding hydrogens is 412 g/mol. The number of amides is 2. The molecule has 2 saturated carbocycles. The van der Waals surface area contributed by atoms with Crippen molar-refractivity contribution in [3.63, 3.8) is 0 Å². The van der Waals surface area contributed by atoms with Gasteiger partial charge in [0.15, 0.2) is 11.5 Å². The van der Waals surface area contributed by atoms with Crippen molar-refractivity contribution in [2.24, 2.45) is 40.6 Å². The van der Waals surface area contributed by atoms with Crippen LogP contribution in [0.3, 0.4) is 0 Å². The largest absolute Gasteiger partial charge is 0.503 e. The van der Waals surface area contributed by atoms with Crippen molar-refractivity contribution in [2.45, 2.75) is 13.3 Å². The van der Waals surface area contributed by atoms with Gasteiger partial charge in [-0.1, -0.05) is 12.2 Å². The summed E-state index contributed by atoms with van der Waals surface area (Å²) in [4.78, 5) is 25.8. The van der Waals surface area contributed by atoms with Crippen LogP contribution < -0.4 is 4.74 Å². The maximum absolute atomic E-state index is 12.9. The minimum Gasteiger partial charge on any atom is -0.503 e. The number of carbonyl (C=O) groups is 2. The predicted octanol–water partition coefficient (Wildman–Crippen LogP) is 2.94. The summed E-state index contributed by atoms with van der Waals surface area (Å²) in [5.41, 5.74) is 0.627. The van der Waals surface area contributed by atoms with Gasteiger partial charge in [-0.05, 0) is 70.6 Å². The van der Waals surface area contributed by atoms with Crippen molar-refractivity contribution < 1.29 is 19.4 Å². The average molecular weight is 431 g/mol. The zero-order valence-corrected chi connectivity index (χ0v) is 16.3. The van der Waals surface area contributed by atoms with Crippen LogP contribution in [0, 0.1) is 35.5 Å². The van der Waals surface area contributed by atoms with Crippen molar-refractivity contribution in [1.82, 2.24) is 5.01 Å². The number of benzene rings is 1. The van der Waals surface area contributed by atoms with E-state index in [1.54, 1.807) is 12.1 Å². The summed E-state index contributed by atoms with van der Waals surface area (Å²) in [6, 6.07) is 3.30. The topological polar surface area (TPSA) is 79.2 Å². The minimum absolute atomic E-state index is 0.00946. The first-order chi connectivity index (χ1) is 13.0. The summed E-state index contributed by atoms with van der Waals surface area (Å²) >= 11 is 3.28. The molecule has 2 bridgehead atoms. The van der Waals surface area contributed by atoms with Crippen LogP contribution in [0.15, 0.2) is 33.9 Å². The van der Waals surface area contributed by atoms with Gasteiger partial charge in [0.1, 0.15) is 0 Å². The zero-order valence-electron chi connectivity index (χ0n) is 14.7. The Hall–Kier alpha value is -2.15. The molecule has 5 aliphatic rings. The molecule has 0 aromatic heterocycles. The lowest BCUT2D eigenvalue weighted by molar-refractivity contribution is -0.140. The van der Waals surface area contributed by atoms with E-state index in [1.807, 2.05) is 6.92 Å². The zero-order chi connectivity index (χ0) is 18.9. The number of halogens is 1. The number of allylic oxidation sites excluding steroid dienone is 2. The van der Waals surface area contributed by atoms with E-state index >= 15 is 0 Å². The Labute approximate surface area is 165 Å². The third-order valence-corrected chi connectivity index (χ3v) is 6.92. The Morgan fingerprint density at radius 3 is 2.44 bits per heavy atom. The lowest BCUT2D eigenvalue weighted by Crippen LogP contribution is -2.40. The Morgan fingerprint density at radius 1 is 1.22 bits per heavy atom. The van der Waals surface area contributed by atoms with Gasteiger partial charge in [0.05, 0.1) is 29.1 Å². The Morgan fingerprint density at radius 2 is 1.85 bits per heavy atom. The summed E-state index contributed by atoms with van der Waals surface area (Å²) in [6.07, 6.45) is 6.89. The van der Waals surface area contributed by atoms with Crippen LogP contribution in [0.4, 0.5) is 0 Å². The predicted molar refractivity (Wildman–Crippen MR) is 101 cm³/mol. The van der Waals surface area contributed by atoms with Gasteiger partial charge >= 0.3 is 0 Å². The molecule has 1 N–H and O–H groups in total. The van der Waals surface area contributed by atoms with Crippen LogP contribution in [-0.4, -0.2) is 34.8 Å². The first kappa shape index (κ1) is 17.0. The molecule has 6 nitrogen and oxygen atoms in total. The summed E-state index contributed by atoms with van der Waals surface area (Å²) in [5, 5.41) is 15.3. The van der Waals surface area contributed by atoms with E-state index in [0.29, 0.717) is 34.2 Å². The number of imide groups is 1. The van der Waals surface area contributed by atoms with E-state index in [9.17, 15) is 14.7 Å². The van der Waals surface area contributed by atoms with Gasteiger partial charge in [-0.25, -0.2) is 0 Å². The normalized spacial score (nSPS) is 35.7. The fraction of sp³-hybridized carbons (Fsp3) is 0.450. The molecule has 4 aliphatic carbocycles. The summed E-state index contributed by atoms with van der Waals surface area (Å²) in [5.74, 6) is 0.981. The Kier molecular flexibility index (Phi) is 3.73. The molecular formula is C20H19BrN2O4. The van der Waals surface area contributed by atoms with Crippen molar-refractivity contribution in [2.75, 3.05) is 6.61 Å². The third-order valence-electron chi connectivity index (χ3n) is 6.31. The maximum Gasteiger partial charge on any atom is 0.254 e. The van der Waals surface area contributed by atoms with Gasteiger partial charge in [-0.2, -0.15) is 10.1 Å². The molecule has 3 fully saturated rings. The van der Waals surface area contributed by atoms with Crippen molar-refractivity contribution >= 4 is 34.0 Å². The third kappa shape index (κ3) is 2.40. The molecule has 1 saturated heterocycles. The van der Waals surface area contributed by atoms with E-state index in [2.05, 4.69) is 33.2 Å². The number of phenols is 1. The number of rotatable bonds is 4. The average Bonchev–Trinajstić information content (AvgIpc) is 3.43. The second kappa shape index (κ2) is 5.92. The fourth-order valence-corrected chi connectivity index (χ4v) is 5.57. The minimum atomic E-state index is -0.251. The number of phenolic OH excluding ortho intramolecular Hbond substituents is 1. The molecule has 6 atom stereocenters. The molecule has 27 heavy (non-hydrogen) atoms. The first-order valence-corrected chi connectivity index (χ1v) is 10.1. The van der Waals surface area contributed by atoms with Gasteiger partial charge in [-0.3, -0.25) is 9.59 Å². The van der Waals surface area contributed by atoms with E-state index in [0.717, 1.165) is 11.4 Å². The number of hydrazone groups is 1. The highest BCUT2D eigenvalue weighted by Gasteiger charge is 2.67. The Bertz CT molecular complexity index is 875. The lowest BCUT2D eigenvalue weighted by atomic mass is 9.63. The lowest BCUT2D eigenvalue weighted by Gasteiger charge is -2.37. The fourth-order valence-electron chi connectivity index (χ4n) is 5.11. The second-order valence-electron chi connectivity index (χ2n) is 7.67. The molecule has 1 heterocycles. The SMILES string of the molecule is CCOc1cc(/C=N/N2C(=O)[C@H]3[C@@H]4C=C[C@H]([C@H]5C[C@H]45)[C@@H]3C2=O)cc(Br)c1O. The van der Waals surface area contributed by atoms with Crippen molar-refractivity contribution in [3.05, 3.63) is 34.3 Å². The molecule has 0 spiro atoms. The van der Waals surface area contributed by atoms with Crippen LogP contribution >= 0.6 is 15.9 Å². The monoisotopic (exact) mass is 430 g/mol. The second-order valence-corrected chi connectivity index (χ2v) is 8.52. The van der Waals surface area contributed by atoms with Gasteiger partial charge in [0.2, 0.25) is 0 Å². The van der Waals surface area contributed by atoms with Crippen LogP contribution in [-0.2, 0) is 9.59 Å².